The van der Waals surface area contributed by atoms with E-state index in [1.54, 1.807) is 12.4 Å². The average Bonchev–Trinajstić information content (AvgIpc) is 3.53. The van der Waals surface area contributed by atoms with Crippen LogP contribution in [0.15, 0.2) is 73.1 Å². The Morgan fingerprint density at radius 2 is 1.28 bits per heavy atom. The van der Waals surface area contributed by atoms with Crippen molar-refractivity contribution in [2.24, 2.45) is 0 Å². The van der Waals surface area contributed by atoms with Crippen molar-refractivity contribution in [3.8, 4) is 33.9 Å². The fraction of sp³-hybridized carbons (Fsp3) is 0. The fourth-order valence-corrected chi connectivity index (χ4v) is 3.73. The van der Waals surface area contributed by atoms with Crippen LogP contribution in [0.1, 0.15) is 22.8 Å². The van der Waals surface area contributed by atoms with Gasteiger partial charge in [0.25, 0.3) is 0 Å². The van der Waals surface area contributed by atoms with Gasteiger partial charge in [0.1, 0.15) is 17.1 Å². The van der Waals surface area contributed by atoms with Crippen LogP contribution in [-0.2, 0) is 0 Å². The number of rotatable bonds is 4. The molecule has 0 spiro atoms. The van der Waals surface area contributed by atoms with Crippen LogP contribution in [0, 0.1) is 0 Å². The van der Waals surface area contributed by atoms with Gasteiger partial charge < -0.3 is 9.97 Å². The molecular weight excluding hydrogens is 396 g/mol. The van der Waals surface area contributed by atoms with Gasteiger partial charge in [-0.05, 0) is 59.7 Å². The molecule has 4 aliphatic heterocycles. The summed E-state index contributed by atoms with van der Waals surface area (Å²) in [6, 6.07) is 20.6. The molecule has 0 amide bonds. The van der Waals surface area contributed by atoms with Crippen LogP contribution in [0.3, 0.4) is 0 Å². The van der Waals surface area contributed by atoms with Crippen LogP contribution < -0.4 is 0 Å². The van der Waals surface area contributed by atoms with E-state index in [-0.39, 0.29) is 0 Å². The highest BCUT2D eigenvalue weighted by molar-refractivity contribution is 5.77. The Labute approximate surface area is 184 Å². The van der Waals surface area contributed by atoms with Gasteiger partial charge in [0.15, 0.2) is 0 Å². The van der Waals surface area contributed by atoms with Crippen molar-refractivity contribution in [2.45, 2.75) is 0 Å². The minimum absolute atomic E-state index is 0.657. The third-order valence-corrected chi connectivity index (χ3v) is 5.41. The number of nitrogens with one attached hydrogen (secondary N) is 2. The number of hydrogen-bond acceptors (Lipinski definition) is 4. The number of hydrogen-bond donors (Lipinski definition) is 2. The lowest BCUT2D eigenvalue weighted by atomic mass is 10.2. The van der Waals surface area contributed by atoms with E-state index in [2.05, 4.69) is 66.5 Å². The first-order valence-electron chi connectivity index (χ1n) is 10.3. The van der Waals surface area contributed by atoms with Gasteiger partial charge >= 0.3 is 0 Å². The Hall–Kier alpha value is -4.58. The van der Waals surface area contributed by atoms with Crippen LogP contribution >= 0.6 is 0 Å². The van der Waals surface area contributed by atoms with Gasteiger partial charge in [-0.25, -0.2) is 4.98 Å². The van der Waals surface area contributed by atoms with Crippen molar-refractivity contribution in [1.29, 1.82) is 0 Å². The van der Waals surface area contributed by atoms with Gasteiger partial charge in [0.05, 0.1) is 18.1 Å². The smallest absolute Gasteiger partial charge is 0.132 e. The molecule has 0 aromatic rings. The zero-order chi connectivity index (χ0) is 21.3. The molecule has 2 aliphatic carbocycles. The van der Waals surface area contributed by atoms with E-state index in [1.165, 1.54) is 11.1 Å². The number of fused-ring (bicyclic) bond motifs is 3. The second-order valence-electron chi connectivity index (χ2n) is 7.54. The quantitative estimate of drug-likeness (QED) is 0.395. The van der Waals surface area contributed by atoms with Gasteiger partial charge in [0, 0.05) is 22.8 Å². The SMILES string of the molecule is C(=C\c1ccc2cccc-2[nH]1)/c1cnc2c(/C=C/c3ccc4cccc-4[nH]3)nnc-2cn1. The van der Waals surface area contributed by atoms with Crippen LogP contribution in [-0.4, -0.2) is 30.1 Å². The molecule has 0 atom stereocenters. The Balaban J connectivity index is 1.27. The maximum Gasteiger partial charge on any atom is 0.132 e. The molecule has 6 nitrogen and oxygen atoms in total. The molecule has 6 heteroatoms. The molecule has 0 saturated heterocycles. The summed E-state index contributed by atoms with van der Waals surface area (Å²) in [6.07, 6.45) is 11.3. The largest absolute Gasteiger partial charge is 0.355 e. The lowest BCUT2D eigenvalue weighted by Gasteiger charge is -2.01. The minimum atomic E-state index is 0.657. The number of pyridine rings is 2. The second-order valence-corrected chi connectivity index (χ2v) is 7.54. The molecule has 0 aromatic heterocycles. The Morgan fingerprint density at radius 1 is 0.594 bits per heavy atom. The molecule has 0 unspecified atom stereocenters. The summed E-state index contributed by atoms with van der Waals surface area (Å²) in [5.74, 6) is 0. The number of aromatic amines is 2. The molecule has 6 rings (SSSR count). The van der Waals surface area contributed by atoms with E-state index in [0.717, 1.165) is 28.5 Å². The monoisotopic (exact) mass is 414 g/mol. The van der Waals surface area contributed by atoms with Crippen LogP contribution in [0.2, 0.25) is 0 Å². The molecule has 4 heterocycles. The van der Waals surface area contributed by atoms with Gasteiger partial charge in [-0.3, -0.25) is 4.98 Å². The average molecular weight is 414 g/mol. The molecule has 152 valence electrons. The Kier molecular flexibility index (Phi) is 4.32. The van der Waals surface area contributed by atoms with Crippen LogP contribution in [0.5, 0.6) is 0 Å². The highest BCUT2D eigenvalue weighted by Crippen LogP contribution is 2.24. The van der Waals surface area contributed by atoms with Crippen molar-refractivity contribution < 1.29 is 0 Å². The van der Waals surface area contributed by atoms with Crippen molar-refractivity contribution in [3.63, 3.8) is 0 Å². The third-order valence-electron chi connectivity index (χ3n) is 5.41. The van der Waals surface area contributed by atoms with E-state index >= 15 is 0 Å². The second kappa shape index (κ2) is 7.59. The number of nitrogens with zero attached hydrogens (tertiary/aromatic N) is 4. The van der Waals surface area contributed by atoms with Crippen molar-refractivity contribution in [2.75, 3.05) is 0 Å². The zero-order valence-corrected chi connectivity index (χ0v) is 17.0. The van der Waals surface area contributed by atoms with Gasteiger partial charge in [-0.15, -0.1) is 10.2 Å². The first-order valence-corrected chi connectivity index (χ1v) is 10.3. The topological polar surface area (TPSA) is 83.1 Å². The lowest BCUT2D eigenvalue weighted by Crippen LogP contribution is -1.85. The molecule has 0 fully saturated rings. The third kappa shape index (κ3) is 3.44. The summed E-state index contributed by atoms with van der Waals surface area (Å²) in [5.41, 5.74) is 9.39. The van der Waals surface area contributed by atoms with E-state index in [1.807, 2.05) is 48.6 Å². The van der Waals surface area contributed by atoms with Crippen LogP contribution in [0.25, 0.3) is 58.2 Å². The molecule has 32 heavy (non-hydrogen) atoms. The van der Waals surface area contributed by atoms with E-state index in [0.29, 0.717) is 17.1 Å². The number of aromatic nitrogens is 6. The maximum atomic E-state index is 4.60. The molecular formula is C26H18N6. The molecule has 0 saturated carbocycles. The maximum absolute atomic E-state index is 4.60. The summed E-state index contributed by atoms with van der Waals surface area (Å²) in [5, 5.41) is 8.49. The van der Waals surface area contributed by atoms with Crippen molar-refractivity contribution in [1.82, 2.24) is 30.1 Å². The summed E-state index contributed by atoms with van der Waals surface area (Å²) < 4.78 is 0. The lowest BCUT2D eigenvalue weighted by molar-refractivity contribution is 1.08. The Bertz CT molecular complexity index is 1490. The van der Waals surface area contributed by atoms with Crippen molar-refractivity contribution in [3.05, 3.63) is 95.8 Å². The first-order chi connectivity index (χ1) is 15.8. The van der Waals surface area contributed by atoms with E-state index < -0.39 is 0 Å². The van der Waals surface area contributed by atoms with Gasteiger partial charge in [0.2, 0.25) is 0 Å². The summed E-state index contributed by atoms with van der Waals surface area (Å²) >= 11 is 0. The minimum Gasteiger partial charge on any atom is -0.355 e. The number of H-pyrrole nitrogens is 2. The fourth-order valence-electron chi connectivity index (χ4n) is 3.73. The predicted octanol–water partition coefficient (Wildman–Crippen LogP) is 5.58. The summed E-state index contributed by atoms with van der Waals surface area (Å²) in [7, 11) is 0. The molecule has 0 bridgehead atoms. The van der Waals surface area contributed by atoms with E-state index in [9.17, 15) is 0 Å². The summed E-state index contributed by atoms with van der Waals surface area (Å²) in [4.78, 5) is 15.9. The first kappa shape index (κ1) is 18.2. The van der Waals surface area contributed by atoms with Gasteiger partial charge in [-0.1, -0.05) is 36.4 Å². The van der Waals surface area contributed by atoms with Gasteiger partial charge in [-0.2, -0.15) is 0 Å². The standard InChI is InChI=1S/C26H18N6/c1-3-17-7-9-19(29-22(17)5-1)11-12-21-15-28-26-24(31-32-25(26)16-27-21)14-13-20-10-8-18-4-2-6-23(18)30-20/h1-16,29-30H/b12-11+,14-13+. The normalized spacial score (nSPS) is 12.1. The highest BCUT2D eigenvalue weighted by atomic mass is 15.1. The van der Waals surface area contributed by atoms with Crippen molar-refractivity contribution >= 4 is 24.3 Å². The highest BCUT2D eigenvalue weighted by Gasteiger charge is 2.12. The molecule has 0 aromatic carbocycles. The molecule has 0 radical (unpaired) electrons. The zero-order valence-electron chi connectivity index (χ0n) is 17.0. The van der Waals surface area contributed by atoms with Crippen LogP contribution in [0.4, 0.5) is 0 Å². The predicted molar refractivity (Wildman–Crippen MR) is 127 cm³/mol. The molecule has 2 N–H and O–H groups in total. The Morgan fingerprint density at radius 3 is 2.00 bits per heavy atom. The summed E-state index contributed by atoms with van der Waals surface area (Å²) in [6.45, 7) is 0. The molecule has 6 aliphatic rings. The van der Waals surface area contributed by atoms with E-state index in [4.69, 9.17) is 0 Å².